The fourth-order valence-corrected chi connectivity index (χ4v) is 6.06. The number of hydrogen-bond acceptors (Lipinski definition) is 5. The van der Waals surface area contributed by atoms with Crippen LogP contribution in [0.1, 0.15) is 49.8 Å². The number of methoxy groups -OCH3 is 1. The Kier molecular flexibility index (Phi) is 8.39. The van der Waals surface area contributed by atoms with E-state index >= 15 is 0 Å². The maximum absolute atomic E-state index is 14.3. The third-order valence-corrected chi connectivity index (χ3v) is 8.12. The number of urea groups is 1. The topological polar surface area (TPSA) is 57.6 Å². The van der Waals surface area contributed by atoms with Gasteiger partial charge in [0.2, 0.25) is 0 Å². The number of hydrogen-bond donors (Lipinski definition) is 0. The van der Waals surface area contributed by atoms with E-state index in [9.17, 15) is 9.18 Å². The molecule has 204 valence electrons. The molecule has 0 spiro atoms. The molecule has 2 fully saturated rings. The van der Waals surface area contributed by atoms with Crippen LogP contribution in [-0.2, 0) is 0 Å². The minimum atomic E-state index is -0.623. The van der Waals surface area contributed by atoms with E-state index in [4.69, 9.17) is 26.1 Å². The second-order valence-electron chi connectivity index (χ2n) is 10.2. The first-order valence-electron chi connectivity index (χ1n) is 13.5. The van der Waals surface area contributed by atoms with Crippen LogP contribution in [0.2, 0.25) is 5.02 Å². The molecule has 0 bridgehead atoms. The van der Waals surface area contributed by atoms with Crippen LogP contribution in [0.4, 0.5) is 9.18 Å². The van der Waals surface area contributed by atoms with E-state index in [0.717, 1.165) is 31.5 Å². The van der Waals surface area contributed by atoms with Crippen LogP contribution in [0.3, 0.4) is 0 Å². The maximum Gasteiger partial charge on any atom is 0.326 e. The summed E-state index contributed by atoms with van der Waals surface area (Å²) in [6.45, 7) is 5.03. The summed E-state index contributed by atoms with van der Waals surface area (Å²) in [5, 5.41) is 0.638. The Balaban J connectivity index is 1.47. The number of benzene rings is 2. The fourth-order valence-electron chi connectivity index (χ4n) is 5.93. The van der Waals surface area contributed by atoms with Gasteiger partial charge in [-0.3, -0.25) is 9.89 Å². The lowest BCUT2D eigenvalue weighted by atomic mass is 9.99. The highest BCUT2D eigenvalue weighted by molar-refractivity contribution is 6.30. The molecule has 3 aliphatic rings. The van der Waals surface area contributed by atoms with Gasteiger partial charge < -0.3 is 19.3 Å². The maximum atomic E-state index is 14.3. The van der Waals surface area contributed by atoms with Crippen LogP contribution in [0, 0.1) is 0 Å². The summed E-state index contributed by atoms with van der Waals surface area (Å²) in [6.07, 6.45) is 4.48. The molecule has 0 aromatic heterocycles. The van der Waals surface area contributed by atoms with E-state index in [1.165, 1.54) is 12.8 Å². The third-order valence-electron chi connectivity index (χ3n) is 7.86. The number of piperidine rings is 1. The molecule has 0 N–H and O–H groups in total. The lowest BCUT2D eigenvalue weighted by Gasteiger charge is -2.39. The van der Waals surface area contributed by atoms with Crippen molar-refractivity contribution in [2.75, 3.05) is 46.6 Å². The van der Waals surface area contributed by atoms with Crippen molar-refractivity contribution in [2.24, 2.45) is 4.99 Å². The fraction of sp³-hybridized carbons (Fsp3) is 0.517. The first-order chi connectivity index (χ1) is 18.5. The van der Waals surface area contributed by atoms with E-state index in [1.54, 1.807) is 18.1 Å². The molecule has 7 nitrogen and oxygen atoms in total. The first-order valence-corrected chi connectivity index (χ1v) is 13.9. The number of nitrogens with zero attached hydrogens (tertiary/aromatic N) is 4. The molecule has 2 aromatic rings. The number of amidine groups is 1. The molecule has 9 heteroatoms. The van der Waals surface area contributed by atoms with Crippen LogP contribution in [-0.4, -0.2) is 85.2 Å². The molecule has 2 aromatic carbocycles. The summed E-state index contributed by atoms with van der Waals surface area (Å²) in [7, 11) is 1.57. The molecule has 3 heterocycles. The van der Waals surface area contributed by atoms with Gasteiger partial charge in [0.25, 0.3) is 0 Å². The van der Waals surface area contributed by atoms with Gasteiger partial charge in [-0.2, -0.15) is 0 Å². The third kappa shape index (κ3) is 5.47. The Morgan fingerprint density at radius 2 is 1.79 bits per heavy atom. The SMILES string of the molecule is COc1ccc(C2=NC(C)[C@H](c3ccc(Cl)cc3)N2C(=O)N2CCC(N3CCCC3)CC2)c(OCCF)c1. The number of halogens is 2. The smallest absolute Gasteiger partial charge is 0.326 e. The van der Waals surface area contributed by atoms with Gasteiger partial charge in [0, 0.05) is 30.2 Å². The van der Waals surface area contributed by atoms with Crippen LogP contribution in [0.5, 0.6) is 11.5 Å². The number of amides is 2. The molecule has 2 saturated heterocycles. The quantitative estimate of drug-likeness (QED) is 0.459. The van der Waals surface area contributed by atoms with Gasteiger partial charge in [0.15, 0.2) is 0 Å². The lowest BCUT2D eigenvalue weighted by Crippen LogP contribution is -2.52. The van der Waals surface area contributed by atoms with Crippen molar-refractivity contribution in [3.63, 3.8) is 0 Å². The average Bonchev–Trinajstić information content (AvgIpc) is 3.60. The van der Waals surface area contributed by atoms with Gasteiger partial charge in [0.1, 0.15) is 30.6 Å². The van der Waals surface area contributed by atoms with E-state index in [0.29, 0.717) is 47.1 Å². The van der Waals surface area contributed by atoms with Crippen molar-refractivity contribution in [2.45, 2.75) is 50.7 Å². The van der Waals surface area contributed by atoms with Crippen molar-refractivity contribution in [3.8, 4) is 11.5 Å². The van der Waals surface area contributed by atoms with Gasteiger partial charge in [-0.1, -0.05) is 23.7 Å². The summed E-state index contributed by atoms with van der Waals surface area (Å²) in [4.78, 5) is 25.6. The Morgan fingerprint density at radius 1 is 1.08 bits per heavy atom. The highest BCUT2D eigenvalue weighted by Crippen LogP contribution is 2.39. The highest BCUT2D eigenvalue weighted by atomic mass is 35.5. The predicted octanol–water partition coefficient (Wildman–Crippen LogP) is 5.57. The average molecular weight is 543 g/mol. The Bertz CT molecular complexity index is 1150. The minimum absolute atomic E-state index is 0.0693. The van der Waals surface area contributed by atoms with E-state index < -0.39 is 6.67 Å². The van der Waals surface area contributed by atoms with E-state index in [2.05, 4.69) is 4.90 Å². The molecule has 3 aliphatic heterocycles. The Morgan fingerprint density at radius 3 is 2.45 bits per heavy atom. The van der Waals surface area contributed by atoms with Gasteiger partial charge in [-0.15, -0.1) is 0 Å². The van der Waals surface area contributed by atoms with Crippen molar-refractivity contribution < 1.29 is 18.7 Å². The molecule has 0 saturated carbocycles. The molecule has 0 aliphatic carbocycles. The minimum Gasteiger partial charge on any atom is -0.497 e. The summed E-state index contributed by atoms with van der Waals surface area (Å²) in [5.41, 5.74) is 1.60. The predicted molar refractivity (Wildman–Crippen MR) is 147 cm³/mol. The van der Waals surface area contributed by atoms with Crippen molar-refractivity contribution >= 4 is 23.5 Å². The van der Waals surface area contributed by atoms with E-state index in [1.807, 2.05) is 48.2 Å². The van der Waals surface area contributed by atoms with Crippen LogP contribution >= 0.6 is 11.6 Å². The zero-order valence-corrected chi connectivity index (χ0v) is 22.9. The molecular formula is C29H36ClFN4O3. The van der Waals surface area contributed by atoms with Crippen molar-refractivity contribution in [3.05, 3.63) is 58.6 Å². The largest absolute Gasteiger partial charge is 0.497 e. The number of carbonyl (C=O) groups is 1. The zero-order chi connectivity index (χ0) is 26.6. The van der Waals surface area contributed by atoms with Gasteiger partial charge >= 0.3 is 6.03 Å². The Labute approximate surface area is 229 Å². The molecule has 2 atom stereocenters. The molecule has 5 rings (SSSR count). The Hall–Kier alpha value is -2.84. The van der Waals surface area contributed by atoms with Crippen molar-refractivity contribution in [1.82, 2.24) is 14.7 Å². The summed E-state index contributed by atoms with van der Waals surface area (Å²) < 4.78 is 24.2. The van der Waals surface area contributed by atoms with Gasteiger partial charge in [0.05, 0.1) is 24.8 Å². The highest BCUT2D eigenvalue weighted by Gasteiger charge is 2.43. The van der Waals surface area contributed by atoms with Crippen LogP contribution < -0.4 is 9.47 Å². The number of ether oxygens (including phenoxy) is 2. The standard InChI is InChI=1S/C29H36ClFN4O3/c1-20-27(21-5-7-22(30)8-6-21)35(29(36)34-16-11-23(12-17-34)33-14-3-4-15-33)28(32-20)25-10-9-24(37-2)19-26(25)38-18-13-31/h5-10,19-20,23,27H,3-4,11-18H2,1-2H3/t20?,27-/m1/s1. The monoisotopic (exact) mass is 542 g/mol. The second-order valence-corrected chi connectivity index (χ2v) is 10.6. The summed E-state index contributed by atoms with van der Waals surface area (Å²) in [5.74, 6) is 1.56. The molecule has 2 amide bonds. The van der Waals surface area contributed by atoms with Gasteiger partial charge in [-0.25, -0.2) is 9.18 Å². The normalized spacial score (nSPS) is 22.6. The number of likely N-dealkylation sites (tertiary alicyclic amines) is 2. The van der Waals surface area contributed by atoms with Crippen molar-refractivity contribution in [1.29, 1.82) is 0 Å². The zero-order valence-electron chi connectivity index (χ0n) is 22.1. The van der Waals surface area contributed by atoms with E-state index in [-0.39, 0.29) is 24.7 Å². The lowest BCUT2D eigenvalue weighted by molar-refractivity contribution is 0.117. The number of aliphatic imine (C=N–C) groups is 1. The number of rotatable bonds is 7. The molecule has 38 heavy (non-hydrogen) atoms. The van der Waals surface area contributed by atoms with Gasteiger partial charge in [-0.05, 0) is 75.5 Å². The molecule has 0 radical (unpaired) electrons. The molecular weight excluding hydrogens is 507 g/mol. The summed E-state index contributed by atoms with van der Waals surface area (Å²) >= 11 is 6.18. The molecule has 1 unspecified atom stereocenters. The summed E-state index contributed by atoms with van der Waals surface area (Å²) in [6, 6.07) is 12.9. The second kappa shape index (κ2) is 11.9. The first kappa shape index (κ1) is 26.8. The number of alkyl halides is 1. The number of carbonyl (C=O) groups excluding carboxylic acids is 1. The van der Waals surface area contributed by atoms with Crippen LogP contribution in [0.25, 0.3) is 0 Å². The van der Waals surface area contributed by atoms with Crippen LogP contribution in [0.15, 0.2) is 47.5 Å².